The number of esters is 1. The zero-order chi connectivity index (χ0) is 34.7. The zero-order valence-corrected chi connectivity index (χ0v) is 29.2. The average Bonchev–Trinajstić information content (AvgIpc) is 3.08. The number of hydrogen-bond acceptors (Lipinski definition) is 6. The molecular weight excluding hydrogens is 590 g/mol. The van der Waals surface area contributed by atoms with Gasteiger partial charge in [0, 0.05) is 11.1 Å². The van der Waals surface area contributed by atoms with E-state index in [1.54, 1.807) is 43.3 Å². The molecule has 2 rings (SSSR count). The van der Waals surface area contributed by atoms with Gasteiger partial charge >= 0.3 is 5.97 Å². The number of hydrogen-bond donors (Lipinski definition) is 2. The summed E-state index contributed by atoms with van der Waals surface area (Å²) in [5, 5.41) is 13.0. The third-order valence-electron chi connectivity index (χ3n) is 7.94. The van der Waals surface area contributed by atoms with Gasteiger partial charge in [0.05, 0.1) is 31.4 Å². The second-order valence-electron chi connectivity index (χ2n) is 12.0. The average molecular weight is 650 g/mol. The number of methoxy groups -OCH3 is 1. The van der Waals surface area contributed by atoms with E-state index in [1.165, 1.54) is 109 Å². The van der Waals surface area contributed by atoms with E-state index < -0.39 is 0 Å². The monoisotopic (exact) mass is 649 g/mol. The van der Waals surface area contributed by atoms with Gasteiger partial charge in [0.2, 0.25) is 5.91 Å². The molecular formula is C40H59NO6. The Morgan fingerprint density at radius 3 is 1.77 bits per heavy atom. The molecule has 2 aromatic carbocycles. The van der Waals surface area contributed by atoms with Crippen LogP contribution in [-0.2, 0) is 20.9 Å². The molecule has 0 spiro atoms. The van der Waals surface area contributed by atoms with Crippen LogP contribution in [0.4, 0.5) is 0 Å². The fourth-order valence-electron chi connectivity index (χ4n) is 5.09. The maximum absolute atomic E-state index is 12.5. The van der Waals surface area contributed by atoms with Gasteiger partial charge in [-0.2, -0.15) is 0 Å². The van der Waals surface area contributed by atoms with Crippen LogP contribution in [0.1, 0.15) is 138 Å². The fourth-order valence-corrected chi connectivity index (χ4v) is 5.09. The topological polar surface area (TPSA) is 102 Å². The van der Waals surface area contributed by atoms with Gasteiger partial charge in [-0.05, 0) is 31.6 Å². The van der Waals surface area contributed by atoms with Crippen molar-refractivity contribution in [2.24, 2.45) is 0 Å². The minimum atomic E-state index is -0.383. The molecule has 0 saturated carbocycles. The number of phenols is 1. The second-order valence-corrected chi connectivity index (χ2v) is 12.0. The number of ether oxygens (including phenoxy) is 2. The Kier molecular flexibility index (Phi) is 23.0. The molecule has 1 amide bonds. The SMILES string of the molecule is C=C(C)C(=O)OCCCCCCCCCCCCCCCCCC.C=CC(=O)NCc1c(OC)ccc(C(=O)c2ccccc2)c1O. The number of phenolic OH excluding ortho intramolecular Hbond substituents is 1. The molecule has 0 atom stereocenters. The highest BCUT2D eigenvalue weighted by molar-refractivity contribution is 6.11. The van der Waals surface area contributed by atoms with Crippen molar-refractivity contribution in [3.05, 3.63) is 84.0 Å². The number of unbranched alkanes of at least 4 members (excludes halogenated alkanes) is 15. The van der Waals surface area contributed by atoms with Crippen LogP contribution in [-0.4, -0.2) is 36.5 Å². The van der Waals surface area contributed by atoms with E-state index in [0.717, 1.165) is 12.5 Å². The molecule has 7 nitrogen and oxygen atoms in total. The molecule has 260 valence electrons. The summed E-state index contributed by atoms with van der Waals surface area (Å²) < 4.78 is 10.3. The molecule has 47 heavy (non-hydrogen) atoms. The standard InChI is InChI=1S/C22H42O2.C18H17NO4/c1-4-5-6-7-8-9-10-11-12-13-14-15-16-17-18-19-20-24-22(23)21(2)3;1-3-16(20)19-11-14-15(23-2)10-9-13(18(14)22)17(21)12-7-5-4-6-8-12/h2,4-20H2,1,3H3;3-10,22H,1,11H2,2H3,(H,19,20). The van der Waals surface area contributed by atoms with Crippen molar-refractivity contribution >= 4 is 17.7 Å². The number of nitrogens with one attached hydrogen (secondary N) is 1. The fraction of sp³-hybridized carbons (Fsp3) is 0.525. The van der Waals surface area contributed by atoms with Crippen LogP contribution >= 0.6 is 0 Å². The van der Waals surface area contributed by atoms with Crippen molar-refractivity contribution in [1.29, 1.82) is 0 Å². The van der Waals surface area contributed by atoms with Crippen molar-refractivity contribution in [2.45, 2.75) is 123 Å². The normalized spacial score (nSPS) is 10.4. The summed E-state index contributed by atoms with van der Waals surface area (Å²) in [4.78, 5) is 35.0. The molecule has 0 heterocycles. The van der Waals surface area contributed by atoms with E-state index >= 15 is 0 Å². The molecule has 0 unspecified atom stereocenters. The van der Waals surface area contributed by atoms with Crippen LogP contribution in [0, 0.1) is 0 Å². The van der Waals surface area contributed by atoms with E-state index in [4.69, 9.17) is 9.47 Å². The minimum Gasteiger partial charge on any atom is -0.507 e. The first-order valence-electron chi connectivity index (χ1n) is 17.5. The largest absolute Gasteiger partial charge is 0.507 e. The quantitative estimate of drug-likeness (QED) is 0.0508. The van der Waals surface area contributed by atoms with E-state index in [0.29, 0.717) is 29.1 Å². The van der Waals surface area contributed by atoms with E-state index in [-0.39, 0.29) is 35.5 Å². The molecule has 7 heteroatoms. The molecule has 0 aromatic heterocycles. The minimum absolute atomic E-state index is 0.0236. The Balaban J connectivity index is 0.000000470. The van der Waals surface area contributed by atoms with Crippen molar-refractivity contribution in [3.63, 3.8) is 0 Å². The number of carbonyl (C=O) groups is 3. The Morgan fingerprint density at radius 1 is 0.787 bits per heavy atom. The third-order valence-corrected chi connectivity index (χ3v) is 7.94. The molecule has 0 aliphatic rings. The highest BCUT2D eigenvalue weighted by Crippen LogP contribution is 2.32. The Hall–Kier alpha value is -3.87. The van der Waals surface area contributed by atoms with Gasteiger partial charge in [-0.25, -0.2) is 4.79 Å². The molecule has 0 aliphatic heterocycles. The molecule has 2 N–H and O–H groups in total. The highest BCUT2D eigenvalue weighted by atomic mass is 16.5. The molecule has 0 aliphatic carbocycles. The highest BCUT2D eigenvalue weighted by Gasteiger charge is 2.19. The Labute approximate surface area is 283 Å². The number of rotatable bonds is 24. The van der Waals surface area contributed by atoms with Gasteiger partial charge in [0.1, 0.15) is 11.5 Å². The van der Waals surface area contributed by atoms with Crippen LogP contribution in [0.15, 0.2) is 67.3 Å². The Morgan fingerprint density at radius 2 is 1.30 bits per heavy atom. The molecule has 2 aromatic rings. The summed E-state index contributed by atoms with van der Waals surface area (Å²) in [5.41, 5.74) is 1.45. The number of ketones is 1. The lowest BCUT2D eigenvalue weighted by molar-refractivity contribution is -0.139. The molecule has 0 fully saturated rings. The van der Waals surface area contributed by atoms with Crippen LogP contribution < -0.4 is 10.1 Å². The maximum Gasteiger partial charge on any atom is 0.333 e. The number of amides is 1. The first-order chi connectivity index (χ1) is 22.8. The molecule has 0 radical (unpaired) electrons. The smallest absolute Gasteiger partial charge is 0.333 e. The third kappa shape index (κ3) is 18.2. The molecule has 0 saturated heterocycles. The summed E-state index contributed by atoms with van der Waals surface area (Å²) in [6.07, 6.45) is 22.9. The summed E-state index contributed by atoms with van der Waals surface area (Å²) in [7, 11) is 1.45. The van der Waals surface area contributed by atoms with E-state index in [1.807, 2.05) is 0 Å². The van der Waals surface area contributed by atoms with Crippen LogP contribution in [0.2, 0.25) is 0 Å². The zero-order valence-electron chi connectivity index (χ0n) is 29.2. The Bertz CT molecular complexity index is 1210. The van der Waals surface area contributed by atoms with Crippen LogP contribution in [0.5, 0.6) is 11.5 Å². The number of carbonyl (C=O) groups excluding carboxylic acids is 3. The lowest BCUT2D eigenvalue weighted by atomic mass is 9.99. The maximum atomic E-state index is 12.5. The predicted molar refractivity (Wildman–Crippen MR) is 192 cm³/mol. The number of aromatic hydroxyl groups is 1. The van der Waals surface area contributed by atoms with Gasteiger partial charge in [-0.15, -0.1) is 0 Å². The van der Waals surface area contributed by atoms with E-state index in [2.05, 4.69) is 25.4 Å². The van der Waals surface area contributed by atoms with Gasteiger partial charge in [-0.3, -0.25) is 9.59 Å². The number of benzene rings is 2. The van der Waals surface area contributed by atoms with Crippen molar-refractivity contribution in [2.75, 3.05) is 13.7 Å². The van der Waals surface area contributed by atoms with Gasteiger partial charge in [-0.1, -0.05) is 147 Å². The van der Waals surface area contributed by atoms with Crippen molar-refractivity contribution < 1.29 is 29.0 Å². The van der Waals surface area contributed by atoms with Gasteiger partial charge < -0.3 is 19.9 Å². The van der Waals surface area contributed by atoms with Crippen LogP contribution in [0.3, 0.4) is 0 Å². The molecule has 0 bridgehead atoms. The van der Waals surface area contributed by atoms with Crippen molar-refractivity contribution in [3.8, 4) is 11.5 Å². The lowest BCUT2D eigenvalue weighted by Crippen LogP contribution is -2.20. The van der Waals surface area contributed by atoms with Gasteiger partial charge in [0.15, 0.2) is 5.78 Å². The summed E-state index contributed by atoms with van der Waals surface area (Å²) in [6.45, 7) is 11.5. The first kappa shape index (κ1) is 41.2. The summed E-state index contributed by atoms with van der Waals surface area (Å²) in [5.74, 6) is -0.761. The lowest BCUT2D eigenvalue weighted by Gasteiger charge is -2.14. The predicted octanol–water partition coefficient (Wildman–Crippen LogP) is 9.80. The summed E-state index contributed by atoms with van der Waals surface area (Å²) >= 11 is 0. The van der Waals surface area contributed by atoms with E-state index in [9.17, 15) is 19.5 Å². The van der Waals surface area contributed by atoms with Gasteiger partial charge in [0.25, 0.3) is 0 Å². The second kappa shape index (κ2) is 26.2. The summed E-state index contributed by atoms with van der Waals surface area (Å²) in [6, 6.07) is 11.7. The van der Waals surface area contributed by atoms with Crippen molar-refractivity contribution in [1.82, 2.24) is 5.32 Å². The van der Waals surface area contributed by atoms with Crippen LogP contribution in [0.25, 0.3) is 0 Å². The first-order valence-corrected chi connectivity index (χ1v) is 17.5.